The van der Waals surface area contributed by atoms with Crippen molar-refractivity contribution in [1.82, 2.24) is 10.3 Å². The number of halogens is 3. The lowest BCUT2D eigenvalue weighted by Gasteiger charge is -2.11. The Morgan fingerprint density at radius 2 is 1.93 bits per heavy atom. The summed E-state index contributed by atoms with van der Waals surface area (Å²) in [5.74, 6) is -0.277. The standard InChI is InChI=1S/C22H17F3N2OS/c1-13-17(8-9-29-13)15-11-18-19(26-12-15)6-7-20(18)27-21(28)10-14-2-4-16(5-3-14)22(23,24)25/h2-5,7-9,11-12H,6,10H2,1H3,(H,27,28). The quantitative estimate of drug-likeness (QED) is 0.622. The van der Waals surface area contributed by atoms with Crippen LogP contribution in [0.25, 0.3) is 16.8 Å². The molecule has 0 atom stereocenters. The fourth-order valence-corrected chi connectivity index (χ4v) is 4.06. The number of hydrogen-bond donors (Lipinski definition) is 1. The van der Waals surface area contributed by atoms with E-state index in [1.165, 1.54) is 17.0 Å². The second-order valence-electron chi connectivity index (χ2n) is 6.85. The second-order valence-corrected chi connectivity index (χ2v) is 7.97. The molecule has 0 aliphatic heterocycles. The van der Waals surface area contributed by atoms with Crippen LogP contribution in [-0.2, 0) is 23.8 Å². The summed E-state index contributed by atoms with van der Waals surface area (Å²) in [6, 6.07) is 8.72. The largest absolute Gasteiger partial charge is 0.416 e. The highest BCUT2D eigenvalue weighted by molar-refractivity contribution is 7.10. The van der Waals surface area contributed by atoms with Crippen LogP contribution in [0.15, 0.2) is 54.1 Å². The lowest BCUT2D eigenvalue weighted by molar-refractivity contribution is -0.137. The van der Waals surface area contributed by atoms with Crippen LogP contribution >= 0.6 is 11.3 Å². The fourth-order valence-electron chi connectivity index (χ4n) is 3.34. The molecule has 3 nitrogen and oxygen atoms in total. The van der Waals surface area contributed by atoms with Crippen molar-refractivity contribution in [2.75, 3.05) is 0 Å². The van der Waals surface area contributed by atoms with E-state index in [4.69, 9.17) is 0 Å². The lowest BCUT2D eigenvalue weighted by atomic mass is 10.0. The van der Waals surface area contributed by atoms with Gasteiger partial charge >= 0.3 is 6.18 Å². The molecular weight excluding hydrogens is 397 g/mol. The van der Waals surface area contributed by atoms with Crippen molar-refractivity contribution < 1.29 is 18.0 Å². The van der Waals surface area contributed by atoms with Crippen LogP contribution < -0.4 is 5.32 Å². The average Bonchev–Trinajstić information content (AvgIpc) is 3.27. The molecule has 0 saturated carbocycles. The van der Waals surface area contributed by atoms with Gasteiger partial charge in [0.1, 0.15) is 0 Å². The molecule has 0 spiro atoms. The molecule has 7 heteroatoms. The third kappa shape index (κ3) is 4.10. The third-order valence-electron chi connectivity index (χ3n) is 4.85. The number of aryl methyl sites for hydroxylation is 1. The van der Waals surface area contributed by atoms with E-state index in [9.17, 15) is 18.0 Å². The number of alkyl halides is 3. The fraction of sp³-hybridized carbons (Fsp3) is 0.182. The highest BCUT2D eigenvalue weighted by Gasteiger charge is 2.30. The third-order valence-corrected chi connectivity index (χ3v) is 5.70. The number of allylic oxidation sites excluding steroid dienone is 1. The first-order valence-corrected chi connectivity index (χ1v) is 9.89. The van der Waals surface area contributed by atoms with Gasteiger partial charge in [-0.2, -0.15) is 13.2 Å². The first-order valence-electron chi connectivity index (χ1n) is 9.01. The van der Waals surface area contributed by atoms with E-state index in [1.807, 2.05) is 29.8 Å². The Labute approximate surface area is 169 Å². The Morgan fingerprint density at radius 1 is 1.17 bits per heavy atom. The van der Waals surface area contributed by atoms with Crippen molar-refractivity contribution in [2.24, 2.45) is 0 Å². The Hall–Kier alpha value is -2.93. The summed E-state index contributed by atoms with van der Waals surface area (Å²) >= 11 is 1.67. The Balaban J connectivity index is 1.48. The molecule has 0 radical (unpaired) electrons. The summed E-state index contributed by atoms with van der Waals surface area (Å²) in [5.41, 5.74) is 4.38. The summed E-state index contributed by atoms with van der Waals surface area (Å²) in [5, 5.41) is 4.91. The van der Waals surface area contributed by atoms with Gasteiger partial charge in [0.15, 0.2) is 0 Å². The van der Waals surface area contributed by atoms with E-state index in [1.54, 1.807) is 11.3 Å². The van der Waals surface area contributed by atoms with Crippen LogP contribution in [0.1, 0.15) is 27.3 Å². The van der Waals surface area contributed by atoms with Crippen LogP contribution in [-0.4, -0.2) is 10.9 Å². The molecule has 1 aliphatic carbocycles. The van der Waals surface area contributed by atoms with Gasteiger partial charge in [-0.3, -0.25) is 9.78 Å². The Morgan fingerprint density at radius 3 is 2.59 bits per heavy atom. The summed E-state index contributed by atoms with van der Waals surface area (Å²) in [6.07, 6.45) is 0.00162. The summed E-state index contributed by atoms with van der Waals surface area (Å²) in [6.45, 7) is 2.05. The van der Waals surface area contributed by atoms with Crippen LogP contribution in [0.3, 0.4) is 0 Å². The minimum atomic E-state index is -4.38. The molecule has 2 heterocycles. The molecule has 0 unspecified atom stereocenters. The maximum Gasteiger partial charge on any atom is 0.416 e. The first-order chi connectivity index (χ1) is 13.8. The van der Waals surface area contributed by atoms with Gasteiger partial charge in [0, 0.05) is 34.3 Å². The summed E-state index contributed by atoms with van der Waals surface area (Å²) in [7, 11) is 0. The van der Waals surface area contributed by atoms with Gasteiger partial charge in [-0.1, -0.05) is 18.2 Å². The van der Waals surface area contributed by atoms with Gasteiger partial charge in [0.2, 0.25) is 5.91 Å². The van der Waals surface area contributed by atoms with Crippen molar-refractivity contribution in [1.29, 1.82) is 0 Å². The van der Waals surface area contributed by atoms with Crippen molar-refractivity contribution in [3.05, 3.63) is 81.3 Å². The monoisotopic (exact) mass is 414 g/mol. The number of carbonyl (C=O) groups is 1. The molecule has 3 aromatic rings. The van der Waals surface area contributed by atoms with Gasteiger partial charge in [0.05, 0.1) is 17.7 Å². The van der Waals surface area contributed by atoms with Gasteiger partial charge in [-0.25, -0.2) is 0 Å². The number of nitrogens with one attached hydrogen (secondary N) is 1. The molecule has 1 aliphatic rings. The molecule has 0 saturated heterocycles. The number of aromatic nitrogens is 1. The number of nitrogens with zero attached hydrogens (tertiary/aromatic N) is 1. The number of amides is 1. The smallest absolute Gasteiger partial charge is 0.325 e. The van der Waals surface area contributed by atoms with E-state index < -0.39 is 11.7 Å². The molecule has 1 aromatic carbocycles. The number of benzene rings is 1. The van der Waals surface area contributed by atoms with E-state index in [-0.39, 0.29) is 12.3 Å². The van der Waals surface area contributed by atoms with Crippen LogP contribution in [0.2, 0.25) is 0 Å². The van der Waals surface area contributed by atoms with Gasteiger partial charge in [0.25, 0.3) is 0 Å². The van der Waals surface area contributed by atoms with Crippen LogP contribution in [0, 0.1) is 6.92 Å². The van der Waals surface area contributed by atoms with Crippen molar-refractivity contribution in [3.8, 4) is 11.1 Å². The molecule has 0 fully saturated rings. The number of carbonyl (C=O) groups excluding carboxylic acids is 1. The topological polar surface area (TPSA) is 42.0 Å². The molecular formula is C22H17F3N2OS. The predicted octanol–water partition coefficient (Wildman–Crippen LogP) is 5.39. The average molecular weight is 414 g/mol. The molecule has 1 amide bonds. The maximum atomic E-state index is 12.7. The van der Waals surface area contributed by atoms with E-state index >= 15 is 0 Å². The number of pyridine rings is 1. The normalized spacial score (nSPS) is 13.2. The zero-order valence-corrected chi connectivity index (χ0v) is 16.3. The molecule has 29 heavy (non-hydrogen) atoms. The number of thiophene rings is 1. The summed E-state index contributed by atoms with van der Waals surface area (Å²) < 4.78 is 38.0. The van der Waals surface area contributed by atoms with Gasteiger partial charge in [-0.05, 0) is 47.7 Å². The van der Waals surface area contributed by atoms with E-state index in [0.717, 1.165) is 34.5 Å². The molecule has 0 bridgehead atoms. The molecule has 1 N–H and O–H groups in total. The molecule has 148 valence electrons. The number of hydrogen-bond acceptors (Lipinski definition) is 3. The Bertz CT molecular complexity index is 1100. The first kappa shape index (κ1) is 19.4. The van der Waals surface area contributed by atoms with E-state index in [0.29, 0.717) is 17.7 Å². The lowest BCUT2D eigenvalue weighted by Crippen LogP contribution is -2.23. The van der Waals surface area contributed by atoms with Crippen molar-refractivity contribution in [3.63, 3.8) is 0 Å². The zero-order valence-electron chi connectivity index (χ0n) is 15.5. The Kier molecular flexibility index (Phi) is 5.00. The maximum absolute atomic E-state index is 12.7. The van der Waals surface area contributed by atoms with Gasteiger partial charge in [-0.15, -0.1) is 11.3 Å². The minimum Gasteiger partial charge on any atom is -0.325 e. The second kappa shape index (κ2) is 7.48. The SMILES string of the molecule is Cc1sccc1-c1cnc2c(c1)C(NC(=O)Cc1ccc(C(F)(F)F)cc1)=CC2. The molecule has 2 aromatic heterocycles. The summed E-state index contributed by atoms with van der Waals surface area (Å²) in [4.78, 5) is 18.2. The highest BCUT2D eigenvalue weighted by Crippen LogP contribution is 2.32. The van der Waals surface area contributed by atoms with Crippen LogP contribution in [0.5, 0.6) is 0 Å². The minimum absolute atomic E-state index is 0.00156. The van der Waals surface area contributed by atoms with Gasteiger partial charge < -0.3 is 5.32 Å². The highest BCUT2D eigenvalue weighted by atomic mass is 32.1. The number of fused-ring (bicyclic) bond motifs is 1. The zero-order chi connectivity index (χ0) is 20.6. The number of rotatable bonds is 4. The molecule has 4 rings (SSSR count). The predicted molar refractivity (Wildman–Crippen MR) is 107 cm³/mol. The van der Waals surface area contributed by atoms with E-state index in [2.05, 4.69) is 17.2 Å². The van der Waals surface area contributed by atoms with Crippen LogP contribution in [0.4, 0.5) is 13.2 Å². The van der Waals surface area contributed by atoms with Crippen molar-refractivity contribution >= 4 is 22.9 Å². The van der Waals surface area contributed by atoms with Crippen molar-refractivity contribution in [2.45, 2.75) is 25.9 Å².